The van der Waals surface area contributed by atoms with Crippen molar-refractivity contribution in [2.24, 2.45) is 0 Å². The average Bonchev–Trinajstić information content (AvgIpc) is 2.94. The number of Topliss-reactive ketones (excluding diaryl/α,β-unsaturated/α-hetero) is 2. The summed E-state index contributed by atoms with van der Waals surface area (Å²) in [6, 6.07) is 11.9. The maximum Gasteiger partial charge on any atom is 0.189 e. The van der Waals surface area contributed by atoms with Gasteiger partial charge in [-0.1, -0.05) is 41.5 Å². The van der Waals surface area contributed by atoms with Crippen LogP contribution in [0.5, 0.6) is 17.2 Å². The molecule has 0 bridgehead atoms. The van der Waals surface area contributed by atoms with Gasteiger partial charge in [0, 0.05) is 31.1 Å². The highest BCUT2D eigenvalue weighted by atomic mass is 16.7. The Labute approximate surface area is 210 Å². The average molecular weight is 491 g/mol. The summed E-state index contributed by atoms with van der Waals surface area (Å²) in [6.45, 7) is 14.0. The van der Waals surface area contributed by atoms with E-state index in [0.29, 0.717) is 54.8 Å². The molecule has 0 atom stereocenters. The molecule has 1 heterocycles. The van der Waals surface area contributed by atoms with E-state index in [-0.39, 0.29) is 31.2 Å². The first-order valence-electron chi connectivity index (χ1n) is 12.4. The van der Waals surface area contributed by atoms with Crippen LogP contribution >= 0.6 is 0 Å². The fourth-order valence-corrected chi connectivity index (χ4v) is 2.78. The molecule has 1 aliphatic rings. The van der Waals surface area contributed by atoms with Crippen LogP contribution in [-0.4, -0.2) is 51.9 Å². The number of carbonyl (C=O) groups excluding carboxylic acids is 2. The Morgan fingerprint density at radius 1 is 0.743 bits per heavy atom. The Morgan fingerprint density at radius 2 is 1.29 bits per heavy atom. The van der Waals surface area contributed by atoms with E-state index in [1.165, 1.54) is 0 Å². The van der Waals surface area contributed by atoms with Gasteiger partial charge in [-0.25, -0.2) is 0 Å². The molecule has 7 heteroatoms. The van der Waals surface area contributed by atoms with Gasteiger partial charge in [-0.05, 0) is 42.5 Å². The molecule has 196 valence electrons. The van der Waals surface area contributed by atoms with Crippen LogP contribution in [0, 0.1) is 0 Å². The molecule has 3 rings (SSSR count). The summed E-state index contributed by atoms with van der Waals surface area (Å²) >= 11 is 0. The van der Waals surface area contributed by atoms with Crippen molar-refractivity contribution in [1.82, 2.24) is 0 Å². The van der Waals surface area contributed by atoms with Crippen molar-refractivity contribution >= 4 is 11.6 Å². The number of benzene rings is 2. The van der Waals surface area contributed by atoms with Gasteiger partial charge in [-0.3, -0.25) is 9.59 Å². The number of rotatable bonds is 11. The molecular weight excluding hydrogens is 448 g/mol. The van der Waals surface area contributed by atoms with Gasteiger partial charge >= 0.3 is 0 Å². The fraction of sp³-hybridized carbons (Fsp3) is 0.500. The minimum absolute atomic E-state index is 0.0983. The topological polar surface area (TPSA) is 80.3 Å². The molecule has 0 N–H and O–H groups in total. The molecule has 1 aliphatic heterocycles. The lowest BCUT2D eigenvalue weighted by Gasteiger charge is -2.18. The predicted molar refractivity (Wildman–Crippen MR) is 139 cm³/mol. The first-order chi connectivity index (χ1) is 17.2. The summed E-state index contributed by atoms with van der Waals surface area (Å²) in [6.07, 6.45) is 0.262. The SMILES string of the molecule is CC.CC.CC.COCCOCOc1ccc(C(=O)CCC(=O)c2ccc3c(c2)OCCO3)cc1. The molecule has 35 heavy (non-hydrogen) atoms. The zero-order chi connectivity index (χ0) is 26.5. The van der Waals surface area contributed by atoms with E-state index in [2.05, 4.69) is 0 Å². The third-order valence-corrected chi connectivity index (χ3v) is 4.36. The smallest absolute Gasteiger partial charge is 0.189 e. The van der Waals surface area contributed by atoms with Crippen molar-refractivity contribution in [2.45, 2.75) is 54.4 Å². The summed E-state index contributed by atoms with van der Waals surface area (Å²) in [5.41, 5.74) is 1.05. The van der Waals surface area contributed by atoms with Crippen LogP contribution in [0.1, 0.15) is 75.1 Å². The van der Waals surface area contributed by atoms with Crippen LogP contribution in [-0.2, 0) is 9.47 Å². The Hall–Kier alpha value is -2.90. The molecule has 0 saturated heterocycles. The molecule has 0 aromatic heterocycles. The van der Waals surface area contributed by atoms with Crippen LogP contribution in [0.15, 0.2) is 42.5 Å². The van der Waals surface area contributed by atoms with E-state index < -0.39 is 0 Å². The normalized spacial score (nSPS) is 10.8. The first kappa shape index (κ1) is 32.1. The second-order valence-corrected chi connectivity index (χ2v) is 6.39. The Balaban J connectivity index is 0.00000179. The minimum Gasteiger partial charge on any atom is -0.486 e. The van der Waals surface area contributed by atoms with Gasteiger partial charge < -0.3 is 23.7 Å². The number of ketones is 2. The van der Waals surface area contributed by atoms with Gasteiger partial charge in [-0.2, -0.15) is 0 Å². The van der Waals surface area contributed by atoms with Crippen LogP contribution in [0.2, 0.25) is 0 Å². The van der Waals surface area contributed by atoms with Crippen molar-refractivity contribution in [3.05, 3.63) is 53.6 Å². The highest BCUT2D eigenvalue weighted by Crippen LogP contribution is 2.31. The van der Waals surface area contributed by atoms with Gasteiger partial charge in [-0.15, -0.1) is 0 Å². The molecule has 0 aliphatic carbocycles. The zero-order valence-electron chi connectivity index (χ0n) is 22.3. The number of hydrogen-bond donors (Lipinski definition) is 0. The molecule has 2 aromatic rings. The van der Waals surface area contributed by atoms with Crippen molar-refractivity contribution < 1.29 is 33.3 Å². The van der Waals surface area contributed by atoms with Crippen molar-refractivity contribution in [3.63, 3.8) is 0 Å². The molecule has 0 saturated carbocycles. The lowest BCUT2D eigenvalue weighted by molar-refractivity contribution is -0.00847. The van der Waals surface area contributed by atoms with E-state index in [1.54, 1.807) is 49.6 Å². The maximum atomic E-state index is 12.4. The van der Waals surface area contributed by atoms with Crippen LogP contribution in [0.25, 0.3) is 0 Å². The van der Waals surface area contributed by atoms with E-state index in [1.807, 2.05) is 41.5 Å². The molecule has 0 amide bonds. The highest BCUT2D eigenvalue weighted by molar-refractivity contribution is 6.02. The molecule has 0 spiro atoms. The number of carbonyl (C=O) groups is 2. The zero-order valence-corrected chi connectivity index (χ0v) is 22.3. The third-order valence-electron chi connectivity index (χ3n) is 4.36. The summed E-state index contributed by atoms with van der Waals surface area (Å²) in [5.74, 6) is 1.60. The van der Waals surface area contributed by atoms with Gasteiger partial charge in [0.1, 0.15) is 19.0 Å². The summed E-state index contributed by atoms with van der Waals surface area (Å²) in [4.78, 5) is 24.8. The molecule has 2 aromatic carbocycles. The summed E-state index contributed by atoms with van der Waals surface area (Å²) in [5, 5.41) is 0. The van der Waals surface area contributed by atoms with E-state index in [0.717, 1.165) is 0 Å². The highest BCUT2D eigenvalue weighted by Gasteiger charge is 2.16. The molecule has 0 fully saturated rings. The number of methoxy groups -OCH3 is 1. The van der Waals surface area contributed by atoms with Crippen LogP contribution in [0.3, 0.4) is 0 Å². The summed E-state index contributed by atoms with van der Waals surface area (Å²) < 4.78 is 26.5. The lowest BCUT2D eigenvalue weighted by atomic mass is 10.0. The van der Waals surface area contributed by atoms with Crippen molar-refractivity contribution in [1.29, 1.82) is 0 Å². The Bertz CT molecular complexity index is 832. The van der Waals surface area contributed by atoms with Gasteiger partial charge in [0.05, 0.1) is 13.2 Å². The minimum atomic E-state index is -0.108. The standard InChI is InChI=1S/C22H24O7.3C2H6/c1-25-10-11-26-15-29-18-5-2-16(3-6-18)19(23)7-8-20(24)17-4-9-21-22(14-17)28-13-12-27-21;3*1-2/h2-6,9,14H,7-8,10-13,15H2,1H3;3*1-2H3. The largest absolute Gasteiger partial charge is 0.486 e. The summed E-state index contributed by atoms with van der Waals surface area (Å²) in [7, 11) is 1.60. The maximum absolute atomic E-state index is 12.4. The second kappa shape index (κ2) is 20.5. The van der Waals surface area contributed by atoms with Crippen molar-refractivity contribution in [2.75, 3.05) is 40.3 Å². The van der Waals surface area contributed by atoms with E-state index in [9.17, 15) is 9.59 Å². The van der Waals surface area contributed by atoms with Gasteiger partial charge in [0.15, 0.2) is 29.9 Å². The predicted octanol–water partition coefficient (Wildman–Crippen LogP) is 6.38. The third kappa shape index (κ3) is 11.9. The van der Waals surface area contributed by atoms with Crippen molar-refractivity contribution in [3.8, 4) is 17.2 Å². The quantitative estimate of drug-likeness (QED) is 0.205. The Morgan fingerprint density at radius 3 is 1.89 bits per heavy atom. The van der Waals surface area contributed by atoms with Gasteiger partial charge in [0.2, 0.25) is 0 Å². The number of ether oxygens (including phenoxy) is 5. The molecule has 0 radical (unpaired) electrons. The Kier molecular flexibility index (Phi) is 18.8. The van der Waals surface area contributed by atoms with Gasteiger partial charge in [0.25, 0.3) is 0 Å². The second-order valence-electron chi connectivity index (χ2n) is 6.39. The molecule has 7 nitrogen and oxygen atoms in total. The number of fused-ring (bicyclic) bond motifs is 1. The number of hydrogen-bond acceptors (Lipinski definition) is 7. The monoisotopic (exact) mass is 490 g/mol. The van der Waals surface area contributed by atoms with Crippen LogP contribution in [0.4, 0.5) is 0 Å². The first-order valence-corrected chi connectivity index (χ1v) is 12.4. The molecule has 0 unspecified atom stereocenters. The lowest BCUT2D eigenvalue weighted by Crippen LogP contribution is -2.16. The van der Waals surface area contributed by atoms with Crippen LogP contribution < -0.4 is 14.2 Å². The van der Waals surface area contributed by atoms with E-state index >= 15 is 0 Å². The van der Waals surface area contributed by atoms with E-state index in [4.69, 9.17) is 23.7 Å². The molecular formula is C28H42O7. The fourth-order valence-electron chi connectivity index (χ4n) is 2.78.